The minimum absolute atomic E-state index is 0. The van der Waals surface area contributed by atoms with E-state index in [2.05, 4.69) is 0 Å². The molecular formula is C12H17Cl2NO2. The van der Waals surface area contributed by atoms with Crippen LogP contribution in [0.2, 0.25) is 5.02 Å². The fourth-order valence-corrected chi connectivity index (χ4v) is 2.23. The molecule has 1 aromatic carbocycles. The topological polar surface area (TPSA) is 44.5 Å². The van der Waals surface area contributed by atoms with E-state index in [0.29, 0.717) is 22.4 Å². The summed E-state index contributed by atoms with van der Waals surface area (Å²) in [6, 6.07) is 3.78. The van der Waals surface area contributed by atoms with Crippen molar-refractivity contribution < 1.29 is 9.47 Å². The van der Waals surface area contributed by atoms with Crippen molar-refractivity contribution >= 4 is 24.0 Å². The highest BCUT2D eigenvalue weighted by Gasteiger charge is 2.31. The number of rotatable bonds is 4. The quantitative estimate of drug-likeness (QED) is 0.919. The maximum Gasteiger partial charge on any atom is 0.179 e. The van der Waals surface area contributed by atoms with Gasteiger partial charge in [0.15, 0.2) is 11.5 Å². The van der Waals surface area contributed by atoms with Gasteiger partial charge in [-0.2, -0.15) is 0 Å². The average molecular weight is 278 g/mol. The summed E-state index contributed by atoms with van der Waals surface area (Å²) < 4.78 is 10.4. The Balaban J connectivity index is 0.00000144. The van der Waals surface area contributed by atoms with Crippen LogP contribution < -0.4 is 15.2 Å². The summed E-state index contributed by atoms with van der Waals surface area (Å²) >= 11 is 6.27. The Bertz CT molecular complexity index is 394. The molecule has 2 rings (SSSR count). The van der Waals surface area contributed by atoms with Gasteiger partial charge in [0, 0.05) is 6.04 Å². The highest BCUT2D eigenvalue weighted by atomic mass is 35.5. The van der Waals surface area contributed by atoms with Crippen LogP contribution in [0.3, 0.4) is 0 Å². The normalized spacial score (nSPS) is 16.0. The molecule has 3 nitrogen and oxygen atoms in total. The predicted octanol–water partition coefficient (Wildman–Crippen LogP) is 3.19. The molecule has 1 aliphatic rings. The Hall–Kier alpha value is -0.640. The van der Waals surface area contributed by atoms with Gasteiger partial charge in [-0.25, -0.2) is 0 Å². The number of nitrogens with two attached hydrogens (primary N) is 1. The van der Waals surface area contributed by atoms with Crippen molar-refractivity contribution in [3.8, 4) is 11.5 Å². The molecule has 0 unspecified atom stereocenters. The first kappa shape index (κ1) is 14.4. The SMILES string of the molecule is COc1ccc([C@H](N)C2CC2)c(Cl)c1OC.Cl. The Kier molecular flexibility index (Phi) is 4.92. The van der Waals surface area contributed by atoms with Crippen molar-refractivity contribution in [2.75, 3.05) is 14.2 Å². The molecule has 0 spiro atoms. The molecule has 0 aromatic heterocycles. The van der Waals surface area contributed by atoms with Crippen molar-refractivity contribution in [3.05, 3.63) is 22.7 Å². The Morgan fingerprint density at radius 3 is 2.41 bits per heavy atom. The summed E-state index contributed by atoms with van der Waals surface area (Å²) in [5.41, 5.74) is 7.08. The molecule has 0 saturated heterocycles. The summed E-state index contributed by atoms with van der Waals surface area (Å²) in [6.45, 7) is 0. The molecule has 96 valence electrons. The summed E-state index contributed by atoms with van der Waals surface area (Å²) in [5.74, 6) is 1.77. The third-order valence-corrected chi connectivity index (χ3v) is 3.39. The van der Waals surface area contributed by atoms with Crippen LogP contribution in [-0.4, -0.2) is 14.2 Å². The standard InChI is InChI=1S/C12H16ClNO2.ClH/c1-15-9-6-5-8(10(13)12(9)16-2)11(14)7-3-4-7;/h5-7,11H,3-4,14H2,1-2H3;1H/t11-;/m1./s1. The van der Waals surface area contributed by atoms with Crippen LogP contribution in [0.4, 0.5) is 0 Å². The van der Waals surface area contributed by atoms with Crippen molar-refractivity contribution in [2.24, 2.45) is 11.7 Å². The second kappa shape index (κ2) is 5.80. The number of benzene rings is 1. The first-order chi connectivity index (χ1) is 7.69. The molecule has 1 aliphatic carbocycles. The van der Waals surface area contributed by atoms with Crippen molar-refractivity contribution in [3.63, 3.8) is 0 Å². The molecule has 2 N–H and O–H groups in total. The monoisotopic (exact) mass is 277 g/mol. The van der Waals surface area contributed by atoms with E-state index in [9.17, 15) is 0 Å². The van der Waals surface area contributed by atoms with Gasteiger partial charge in [-0.05, 0) is 30.4 Å². The molecule has 1 saturated carbocycles. The molecule has 17 heavy (non-hydrogen) atoms. The van der Waals surface area contributed by atoms with Gasteiger partial charge in [0.05, 0.1) is 19.2 Å². The third-order valence-electron chi connectivity index (χ3n) is 3.00. The number of hydrogen-bond acceptors (Lipinski definition) is 3. The highest BCUT2D eigenvalue weighted by molar-refractivity contribution is 6.33. The van der Waals surface area contributed by atoms with Crippen LogP contribution >= 0.6 is 24.0 Å². The molecule has 0 amide bonds. The number of methoxy groups -OCH3 is 2. The van der Waals surface area contributed by atoms with Gasteiger partial charge in [0.2, 0.25) is 0 Å². The van der Waals surface area contributed by atoms with Gasteiger partial charge >= 0.3 is 0 Å². The fourth-order valence-electron chi connectivity index (χ4n) is 1.87. The molecule has 1 aromatic rings. The minimum Gasteiger partial charge on any atom is -0.493 e. The van der Waals surface area contributed by atoms with Gasteiger partial charge in [-0.3, -0.25) is 0 Å². The largest absolute Gasteiger partial charge is 0.493 e. The summed E-state index contributed by atoms with van der Waals surface area (Å²) in [5, 5.41) is 0.571. The smallest absolute Gasteiger partial charge is 0.179 e. The Morgan fingerprint density at radius 2 is 1.94 bits per heavy atom. The van der Waals surface area contributed by atoms with Crippen LogP contribution in [0.1, 0.15) is 24.4 Å². The van der Waals surface area contributed by atoms with Gasteiger partial charge < -0.3 is 15.2 Å². The van der Waals surface area contributed by atoms with Gasteiger partial charge in [-0.15, -0.1) is 12.4 Å². The van der Waals surface area contributed by atoms with Crippen LogP contribution in [0.5, 0.6) is 11.5 Å². The number of ether oxygens (including phenoxy) is 2. The fraction of sp³-hybridized carbons (Fsp3) is 0.500. The molecule has 0 heterocycles. The molecule has 0 bridgehead atoms. The van der Waals surface area contributed by atoms with E-state index in [-0.39, 0.29) is 18.4 Å². The lowest BCUT2D eigenvalue weighted by Crippen LogP contribution is -2.13. The van der Waals surface area contributed by atoms with Crippen molar-refractivity contribution in [1.29, 1.82) is 0 Å². The van der Waals surface area contributed by atoms with E-state index in [1.807, 2.05) is 12.1 Å². The molecular weight excluding hydrogens is 261 g/mol. The Morgan fingerprint density at radius 1 is 1.29 bits per heavy atom. The minimum atomic E-state index is 0. The van der Waals surface area contributed by atoms with Crippen LogP contribution in [0.25, 0.3) is 0 Å². The van der Waals surface area contributed by atoms with E-state index in [0.717, 1.165) is 5.56 Å². The van der Waals surface area contributed by atoms with Crippen LogP contribution in [0.15, 0.2) is 12.1 Å². The van der Waals surface area contributed by atoms with Gasteiger partial charge in [0.25, 0.3) is 0 Å². The summed E-state index contributed by atoms with van der Waals surface area (Å²) in [7, 11) is 3.17. The molecule has 0 radical (unpaired) electrons. The van der Waals surface area contributed by atoms with Gasteiger partial charge in [0.1, 0.15) is 0 Å². The first-order valence-electron chi connectivity index (χ1n) is 5.35. The zero-order valence-electron chi connectivity index (χ0n) is 9.90. The van der Waals surface area contributed by atoms with E-state index >= 15 is 0 Å². The second-order valence-corrected chi connectivity index (χ2v) is 4.45. The van der Waals surface area contributed by atoms with Crippen LogP contribution in [-0.2, 0) is 0 Å². The Labute approximate surface area is 113 Å². The number of hydrogen-bond donors (Lipinski definition) is 1. The van der Waals surface area contributed by atoms with E-state index in [1.165, 1.54) is 12.8 Å². The zero-order valence-corrected chi connectivity index (χ0v) is 11.5. The maximum atomic E-state index is 6.27. The van der Waals surface area contributed by atoms with Crippen molar-refractivity contribution in [2.45, 2.75) is 18.9 Å². The second-order valence-electron chi connectivity index (χ2n) is 4.07. The van der Waals surface area contributed by atoms with E-state index in [4.69, 9.17) is 26.8 Å². The molecule has 1 fully saturated rings. The molecule has 0 aliphatic heterocycles. The predicted molar refractivity (Wildman–Crippen MR) is 71.5 cm³/mol. The van der Waals surface area contributed by atoms with E-state index in [1.54, 1.807) is 14.2 Å². The highest BCUT2D eigenvalue weighted by Crippen LogP contribution is 2.45. The zero-order chi connectivity index (χ0) is 11.7. The third kappa shape index (κ3) is 2.79. The lowest BCUT2D eigenvalue weighted by molar-refractivity contribution is 0.354. The lowest BCUT2D eigenvalue weighted by Gasteiger charge is -2.17. The summed E-state index contributed by atoms with van der Waals surface area (Å²) in [4.78, 5) is 0. The molecule has 5 heteroatoms. The van der Waals surface area contributed by atoms with Crippen molar-refractivity contribution in [1.82, 2.24) is 0 Å². The average Bonchev–Trinajstić information content (AvgIpc) is 3.11. The van der Waals surface area contributed by atoms with Gasteiger partial charge in [-0.1, -0.05) is 17.7 Å². The van der Waals surface area contributed by atoms with E-state index < -0.39 is 0 Å². The first-order valence-corrected chi connectivity index (χ1v) is 5.72. The lowest BCUT2D eigenvalue weighted by atomic mass is 10.0. The van der Waals surface area contributed by atoms with Crippen LogP contribution in [0, 0.1) is 5.92 Å². The maximum absolute atomic E-state index is 6.27. The number of halogens is 2. The molecule has 1 atom stereocenters. The summed E-state index contributed by atoms with van der Waals surface area (Å²) in [6.07, 6.45) is 2.37.